The number of guanidine groups is 1. The summed E-state index contributed by atoms with van der Waals surface area (Å²) in [7, 11) is 7.88. The molecule has 20 heavy (non-hydrogen) atoms. The van der Waals surface area contributed by atoms with Crippen LogP contribution in [-0.2, 0) is 7.05 Å². The molecule has 1 aromatic heterocycles. The number of aliphatic imine (C=N–C) groups is 1. The number of likely N-dealkylation sites (N-methyl/N-ethyl adjacent to an activating group) is 1. The third-order valence-corrected chi connectivity index (χ3v) is 3.10. The van der Waals surface area contributed by atoms with Crippen molar-refractivity contribution in [1.29, 1.82) is 0 Å². The minimum Gasteiger partial charge on any atom is -0.356 e. The van der Waals surface area contributed by atoms with Gasteiger partial charge in [-0.15, -0.1) is 0 Å². The molecule has 1 atom stereocenters. The van der Waals surface area contributed by atoms with Crippen LogP contribution in [-0.4, -0.2) is 54.9 Å². The Morgan fingerprint density at radius 3 is 2.45 bits per heavy atom. The molecule has 0 bridgehead atoms. The Labute approximate surface area is 122 Å². The summed E-state index contributed by atoms with van der Waals surface area (Å²) in [5.41, 5.74) is 1.20. The van der Waals surface area contributed by atoms with Crippen LogP contribution in [0.4, 0.5) is 0 Å². The molecule has 0 radical (unpaired) electrons. The van der Waals surface area contributed by atoms with Gasteiger partial charge in [0, 0.05) is 38.9 Å². The van der Waals surface area contributed by atoms with Gasteiger partial charge in [0.2, 0.25) is 0 Å². The topological polar surface area (TPSA) is 57.5 Å². The van der Waals surface area contributed by atoms with Gasteiger partial charge in [-0.25, -0.2) is 0 Å². The lowest BCUT2D eigenvalue weighted by Gasteiger charge is -2.24. The SMILES string of the molecule is CN=C(NCC(C)C)NCC(c1cnn(C)c1)N(C)C. The lowest BCUT2D eigenvalue weighted by molar-refractivity contribution is 0.298. The van der Waals surface area contributed by atoms with Crippen LogP contribution in [0, 0.1) is 5.92 Å². The van der Waals surface area contributed by atoms with Crippen LogP contribution < -0.4 is 10.6 Å². The van der Waals surface area contributed by atoms with Gasteiger partial charge in [0.25, 0.3) is 0 Å². The van der Waals surface area contributed by atoms with Crippen molar-refractivity contribution < 1.29 is 0 Å². The molecule has 0 amide bonds. The summed E-state index contributed by atoms with van der Waals surface area (Å²) in [6.07, 6.45) is 3.97. The quantitative estimate of drug-likeness (QED) is 0.599. The standard InChI is InChI=1S/C14H28N6/c1-11(2)7-16-14(15-3)17-9-13(19(4)5)12-8-18-20(6)10-12/h8,10-11,13H,7,9H2,1-6H3,(H2,15,16,17). The fraction of sp³-hybridized carbons (Fsp3) is 0.714. The zero-order valence-electron chi connectivity index (χ0n) is 13.5. The molecule has 0 aliphatic carbocycles. The van der Waals surface area contributed by atoms with E-state index in [0.717, 1.165) is 19.0 Å². The van der Waals surface area contributed by atoms with E-state index in [4.69, 9.17) is 0 Å². The number of nitrogens with zero attached hydrogens (tertiary/aromatic N) is 4. The number of hydrogen-bond acceptors (Lipinski definition) is 3. The maximum Gasteiger partial charge on any atom is 0.191 e. The Hall–Kier alpha value is -1.56. The molecular weight excluding hydrogens is 252 g/mol. The van der Waals surface area contributed by atoms with E-state index in [-0.39, 0.29) is 6.04 Å². The molecule has 0 saturated heterocycles. The van der Waals surface area contributed by atoms with Crippen molar-refractivity contribution in [3.05, 3.63) is 18.0 Å². The van der Waals surface area contributed by atoms with Crippen LogP contribution >= 0.6 is 0 Å². The van der Waals surface area contributed by atoms with Crippen molar-refractivity contribution in [1.82, 2.24) is 25.3 Å². The summed E-state index contributed by atoms with van der Waals surface area (Å²) in [5, 5.41) is 10.9. The molecule has 6 nitrogen and oxygen atoms in total. The fourth-order valence-corrected chi connectivity index (χ4v) is 1.93. The molecule has 2 N–H and O–H groups in total. The van der Waals surface area contributed by atoms with Crippen molar-refractivity contribution in [2.24, 2.45) is 18.0 Å². The minimum atomic E-state index is 0.265. The van der Waals surface area contributed by atoms with E-state index in [1.807, 2.05) is 17.9 Å². The van der Waals surface area contributed by atoms with Crippen LogP contribution in [0.1, 0.15) is 25.5 Å². The normalized spacial score (nSPS) is 13.9. The predicted octanol–water partition coefficient (Wildman–Crippen LogP) is 0.844. The van der Waals surface area contributed by atoms with Gasteiger partial charge in [-0.1, -0.05) is 13.8 Å². The van der Waals surface area contributed by atoms with E-state index in [1.165, 1.54) is 5.56 Å². The van der Waals surface area contributed by atoms with Gasteiger partial charge in [0.15, 0.2) is 5.96 Å². The van der Waals surface area contributed by atoms with Crippen LogP contribution in [0.15, 0.2) is 17.4 Å². The molecule has 0 spiro atoms. The first-order valence-corrected chi connectivity index (χ1v) is 7.03. The van der Waals surface area contributed by atoms with Crippen molar-refractivity contribution in [3.8, 4) is 0 Å². The average Bonchev–Trinajstić information content (AvgIpc) is 2.79. The molecule has 0 aliphatic rings. The summed E-state index contributed by atoms with van der Waals surface area (Å²) >= 11 is 0. The third-order valence-electron chi connectivity index (χ3n) is 3.10. The molecule has 0 fully saturated rings. The van der Waals surface area contributed by atoms with Crippen LogP contribution in [0.3, 0.4) is 0 Å². The maximum absolute atomic E-state index is 4.25. The second-order valence-corrected chi connectivity index (χ2v) is 5.65. The van der Waals surface area contributed by atoms with Gasteiger partial charge in [0.1, 0.15) is 0 Å². The van der Waals surface area contributed by atoms with E-state index in [1.54, 1.807) is 7.05 Å². The number of hydrogen-bond donors (Lipinski definition) is 2. The monoisotopic (exact) mass is 280 g/mol. The van der Waals surface area contributed by atoms with Gasteiger partial charge >= 0.3 is 0 Å². The summed E-state index contributed by atoms with van der Waals surface area (Å²) in [5.74, 6) is 1.44. The number of aryl methyl sites for hydroxylation is 1. The van der Waals surface area contributed by atoms with Crippen molar-refractivity contribution in [2.75, 3.05) is 34.2 Å². The Morgan fingerprint density at radius 1 is 1.35 bits per heavy atom. The van der Waals surface area contributed by atoms with Gasteiger partial charge in [-0.05, 0) is 20.0 Å². The first-order chi connectivity index (χ1) is 9.43. The lowest BCUT2D eigenvalue weighted by atomic mass is 10.1. The molecule has 1 rings (SSSR count). The first kappa shape index (κ1) is 16.5. The fourth-order valence-electron chi connectivity index (χ4n) is 1.93. The second-order valence-electron chi connectivity index (χ2n) is 5.65. The predicted molar refractivity (Wildman–Crippen MR) is 83.8 cm³/mol. The zero-order valence-corrected chi connectivity index (χ0v) is 13.5. The summed E-state index contributed by atoms with van der Waals surface area (Å²) in [6, 6.07) is 0.265. The highest BCUT2D eigenvalue weighted by molar-refractivity contribution is 5.79. The average molecular weight is 280 g/mol. The van der Waals surface area contributed by atoms with E-state index in [9.17, 15) is 0 Å². The van der Waals surface area contributed by atoms with E-state index in [0.29, 0.717) is 5.92 Å². The molecule has 1 heterocycles. The zero-order chi connectivity index (χ0) is 15.1. The highest BCUT2D eigenvalue weighted by atomic mass is 15.3. The van der Waals surface area contributed by atoms with Gasteiger partial charge < -0.3 is 15.5 Å². The smallest absolute Gasteiger partial charge is 0.191 e. The number of nitrogens with one attached hydrogen (secondary N) is 2. The molecule has 1 aromatic rings. The first-order valence-electron chi connectivity index (χ1n) is 7.03. The second kappa shape index (κ2) is 7.89. The van der Waals surface area contributed by atoms with E-state index in [2.05, 4.69) is 59.8 Å². The Bertz CT molecular complexity index is 421. The molecule has 0 aromatic carbocycles. The molecular formula is C14H28N6. The van der Waals surface area contributed by atoms with E-state index >= 15 is 0 Å². The third kappa shape index (κ3) is 5.21. The summed E-state index contributed by atoms with van der Waals surface area (Å²) < 4.78 is 1.83. The largest absolute Gasteiger partial charge is 0.356 e. The van der Waals surface area contributed by atoms with Gasteiger partial charge in [-0.2, -0.15) is 5.10 Å². The highest BCUT2D eigenvalue weighted by Gasteiger charge is 2.16. The van der Waals surface area contributed by atoms with Crippen molar-refractivity contribution in [2.45, 2.75) is 19.9 Å². The van der Waals surface area contributed by atoms with Crippen molar-refractivity contribution in [3.63, 3.8) is 0 Å². The molecule has 114 valence electrons. The number of rotatable bonds is 6. The van der Waals surface area contributed by atoms with Crippen molar-refractivity contribution >= 4 is 5.96 Å². The lowest BCUT2D eigenvalue weighted by Crippen LogP contribution is -2.42. The summed E-state index contributed by atoms with van der Waals surface area (Å²) in [4.78, 5) is 6.43. The van der Waals surface area contributed by atoms with Gasteiger partial charge in [-0.3, -0.25) is 9.67 Å². The Balaban J connectivity index is 2.58. The molecule has 0 saturated carbocycles. The van der Waals surface area contributed by atoms with E-state index < -0.39 is 0 Å². The molecule has 6 heteroatoms. The highest BCUT2D eigenvalue weighted by Crippen LogP contribution is 2.15. The number of aromatic nitrogens is 2. The Morgan fingerprint density at radius 2 is 2.00 bits per heavy atom. The Kier molecular flexibility index (Phi) is 6.51. The maximum atomic E-state index is 4.25. The van der Waals surface area contributed by atoms with Crippen LogP contribution in [0.25, 0.3) is 0 Å². The van der Waals surface area contributed by atoms with Crippen LogP contribution in [0.5, 0.6) is 0 Å². The molecule has 1 unspecified atom stereocenters. The minimum absolute atomic E-state index is 0.265. The van der Waals surface area contributed by atoms with Crippen LogP contribution in [0.2, 0.25) is 0 Å². The summed E-state index contributed by atoms with van der Waals surface area (Å²) in [6.45, 7) is 6.06. The van der Waals surface area contributed by atoms with Gasteiger partial charge in [0.05, 0.1) is 12.2 Å². The molecule has 0 aliphatic heterocycles.